The lowest BCUT2D eigenvalue weighted by Gasteiger charge is -2.27. The predicted octanol–water partition coefficient (Wildman–Crippen LogP) is 2.05. The minimum Gasteiger partial charge on any atom is -0.376 e. The second kappa shape index (κ2) is 10.0. The van der Waals surface area contributed by atoms with Crippen LogP contribution in [0.15, 0.2) is 12.4 Å². The predicted molar refractivity (Wildman–Crippen MR) is 105 cm³/mol. The summed E-state index contributed by atoms with van der Waals surface area (Å²) >= 11 is 0. The molecule has 0 radical (unpaired) electrons. The number of likely N-dealkylation sites (N-methyl/N-ethyl adjacent to an activating group) is 1. The maximum absolute atomic E-state index is 12.4. The molecule has 1 aromatic heterocycles. The van der Waals surface area contributed by atoms with Crippen LogP contribution >= 0.6 is 0 Å². The van der Waals surface area contributed by atoms with Gasteiger partial charge in [0.2, 0.25) is 5.91 Å². The number of nitrogens with zero attached hydrogens (tertiary/aromatic N) is 3. The lowest BCUT2D eigenvalue weighted by Crippen LogP contribution is -2.34. The zero-order chi connectivity index (χ0) is 19.9. The third-order valence-electron chi connectivity index (χ3n) is 5.59. The lowest BCUT2D eigenvalue weighted by atomic mass is 9.89. The Morgan fingerprint density at radius 1 is 1.32 bits per heavy atom. The molecule has 1 saturated carbocycles. The van der Waals surface area contributed by atoms with Gasteiger partial charge in [-0.05, 0) is 44.4 Å². The first kappa shape index (κ1) is 20.8. The fourth-order valence-corrected chi connectivity index (χ4v) is 3.66. The molecule has 1 aromatic rings. The minimum atomic E-state index is -0.386. The summed E-state index contributed by atoms with van der Waals surface area (Å²) in [5.74, 6) is 0.606. The molecule has 3 rings (SSSR count). The third-order valence-corrected chi connectivity index (χ3v) is 5.59. The third kappa shape index (κ3) is 6.04. The van der Waals surface area contributed by atoms with E-state index in [0.29, 0.717) is 31.5 Å². The van der Waals surface area contributed by atoms with Crippen molar-refractivity contribution in [1.29, 1.82) is 0 Å². The fraction of sp³-hybridized carbons (Fsp3) is 0.750. The summed E-state index contributed by atoms with van der Waals surface area (Å²) in [6.45, 7) is 4.17. The first-order valence-electron chi connectivity index (χ1n) is 10.3. The summed E-state index contributed by atoms with van der Waals surface area (Å²) in [6.07, 6.45) is 9.50. The van der Waals surface area contributed by atoms with Gasteiger partial charge in [-0.3, -0.25) is 14.3 Å². The van der Waals surface area contributed by atoms with Gasteiger partial charge in [0.1, 0.15) is 12.6 Å². The number of ether oxygens (including phenoxy) is 2. The Balaban J connectivity index is 1.36. The molecule has 1 atom stereocenters. The van der Waals surface area contributed by atoms with E-state index < -0.39 is 0 Å². The number of hydrogen-bond acceptors (Lipinski definition) is 5. The van der Waals surface area contributed by atoms with Gasteiger partial charge in [-0.25, -0.2) is 0 Å². The number of carbonyl (C=O) groups is 2. The van der Waals surface area contributed by atoms with Gasteiger partial charge in [0.05, 0.1) is 24.6 Å². The van der Waals surface area contributed by atoms with Gasteiger partial charge in [0, 0.05) is 26.4 Å². The maximum atomic E-state index is 12.4. The van der Waals surface area contributed by atoms with Gasteiger partial charge in [0.15, 0.2) is 0 Å². The molecular weight excluding hydrogens is 360 g/mol. The number of nitrogens with one attached hydrogen (secondary N) is 1. The molecule has 2 aliphatic rings. The molecule has 8 nitrogen and oxygen atoms in total. The molecule has 1 aliphatic carbocycles. The van der Waals surface area contributed by atoms with Gasteiger partial charge < -0.3 is 19.7 Å². The molecule has 1 N–H and O–H groups in total. The maximum Gasteiger partial charge on any atom is 0.253 e. The first-order valence-corrected chi connectivity index (χ1v) is 10.3. The smallest absolute Gasteiger partial charge is 0.253 e. The summed E-state index contributed by atoms with van der Waals surface area (Å²) in [7, 11) is 1.78. The van der Waals surface area contributed by atoms with Crippen molar-refractivity contribution in [3.05, 3.63) is 12.4 Å². The molecule has 8 heteroatoms. The van der Waals surface area contributed by atoms with Gasteiger partial charge in [-0.15, -0.1) is 0 Å². The van der Waals surface area contributed by atoms with Crippen LogP contribution in [0.4, 0.5) is 5.69 Å². The molecule has 1 aliphatic heterocycles. The van der Waals surface area contributed by atoms with E-state index >= 15 is 0 Å². The minimum absolute atomic E-state index is 0.0408. The standard InChI is InChI=1S/C20H32N4O4/c1-15-5-7-17(8-6-15)27-11-9-23(2)19(25)14-24-13-16(12-21-24)22-20(26)18-4-3-10-28-18/h12-13,15,17-18H,3-11,14H2,1-2H3,(H,22,26)/t15?,17?,18-/m1/s1. The molecule has 0 aromatic carbocycles. The highest BCUT2D eigenvalue weighted by atomic mass is 16.5. The molecule has 0 bridgehead atoms. The molecule has 2 heterocycles. The largest absolute Gasteiger partial charge is 0.376 e. The molecule has 0 unspecified atom stereocenters. The SMILES string of the molecule is CC1CCC(OCCN(C)C(=O)Cn2cc(NC(=O)[C@H]3CCCO3)cn2)CC1. The van der Waals surface area contributed by atoms with Gasteiger partial charge in [0.25, 0.3) is 5.91 Å². The van der Waals surface area contributed by atoms with Crippen LogP contribution in [0, 0.1) is 5.92 Å². The number of aromatic nitrogens is 2. The molecule has 156 valence electrons. The van der Waals surface area contributed by atoms with Crippen LogP contribution in [-0.4, -0.2) is 65.5 Å². The summed E-state index contributed by atoms with van der Waals surface area (Å²) in [5, 5.41) is 6.95. The van der Waals surface area contributed by atoms with Crippen LogP contribution < -0.4 is 5.32 Å². The fourth-order valence-electron chi connectivity index (χ4n) is 3.66. The lowest BCUT2D eigenvalue weighted by molar-refractivity contribution is -0.131. The molecule has 28 heavy (non-hydrogen) atoms. The zero-order valence-corrected chi connectivity index (χ0v) is 16.9. The first-order chi connectivity index (χ1) is 13.5. The van der Waals surface area contributed by atoms with Crippen molar-refractivity contribution in [3.8, 4) is 0 Å². The highest BCUT2D eigenvalue weighted by Crippen LogP contribution is 2.25. The summed E-state index contributed by atoms with van der Waals surface area (Å²) in [4.78, 5) is 26.1. The second-order valence-corrected chi connectivity index (χ2v) is 7.99. The van der Waals surface area contributed by atoms with E-state index in [-0.39, 0.29) is 24.5 Å². The normalized spacial score (nSPS) is 24.9. The van der Waals surface area contributed by atoms with Crippen molar-refractivity contribution in [1.82, 2.24) is 14.7 Å². The zero-order valence-electron chi connectivity index (χ0n) is 16.9. The van der Waals surface area contributed by atoms with E-state index in [1.165, 1.54) is 17.5 Å². The summed E-state index contributed by atoms with van der Waals surface area (Å²) in [5.41, 5.74) is 0.575. The van der Waals surface area contributed by atoms with E-state index in [0.717, 1.165) is 31.6 Å². The van der Waals surface area contributed by atoms with Crippen molar-refractivity contribution in [2.24, 2.45) is 5.92 Å². The second-order valence-electron chi connectivity index (χ2n) is 7.99. The molecule has 0 spiro atoms. The number of amides is 2. The van der Waals surface area contributed by atoms with E-state index in [1.54, 1.807) is 24.3 Å². The molecule has 2 fully saturated rings. The Morgan fingerprint density at radius 2 is 2.11 bits per heavy atom. The Labute approximate surface area is 166 Å². The highest BCUT2D eigenvalue weighted by molar-refractivity contribution is 5.94. The monoisotopic (exact) mass is 392 g/mol. The van der Waals surface area contributed by atoms with E-state index in [2.05, 4.69) is 17.3 Å². The van der Waals surface area contributed by atoms with Crippen LogP contribution in [0.25, 0.3) is 0 Å². The van der Waals surface area contributed by atoms with Gasteiger partial charge in [-0.1, -0.05) is 6.92 Å². The van der Waals surface area contributed by atoms with E-state index in [4.69, 9.17) is 9.47 Å². The van der Waals surface area contributed by atoms with Gasteiger partial charge in [-0.2, -0.15) is 5.10 Å². The Kier molecular flexibility index (Phi) is 7.44. The topological polar surface area (TPSA) is 85.7 Å². The Bertz CT molecular complexity index is 648. The van der Waals surface area contributed by atoms with Gasteiger partial charge >= 0.3 is 0 Å². The molecule has 1 saturated heterocycles. The van der Waals surface area contributed by atoms with Crippen molar-refractivity contribution in [3.63, 3.8) is 0 Å². The Hall–Kier alpha value is -1.93. The average molecular weight is 393 g/mol. The van der Waals surface area contributed by atoms with E-state index in [9.17, 15) is 9.59 Å². The Morgan fingerprint density at radius 3 is 2.82 bits per heavy atom. The van der Waals surface area contributed by atoms with Crippen molar-refractivity contribution in [2.45, 2.75) is 64.2 Å². The van der Waals surface area contributed by atoms with Crippen molar-refractivity contribution >= 4 is 17.5 Å². The van der Waals surface area contributed by atoms with Crippen LogP contribution in [0.5, 0.6) is 0 Å². The quantitative estimate of drug-likeness (QED) is 0.732. The number of anilines is 1. The van der Waals surface area contributed by atoms with Crippen LogP contribution in [-0.2, 0) is 25.6 Å². The average Bonchev–Trinajstić information content (AvgIpc) is 3.35. The van der Waals surface area contributed by atoms with Crippen LogP contribution in [0.2, 0.25) is 0 Å². The number of rotatable bonds is 8. The number of hydrogen-bond donors (Lipinski definition) is 1. The van der Waals surface area contributed by atoms with E-state index in [1.807, 2.05) is 0 Å². The van der Waals surface area contributed by atoms with Crippen molar-refractivity contribution in [2.75, 3.05) is 32.1 Å². The van der Waals surface area contributed by atoms with Crippen molar-refractivity contribution < 1.29 is 19.1 Å². The summed E-state index contributed by atoms with van der Waals surface area (Å²) in [6, 6.07) is 0. The number of carbonyl (C=O) groups excluding carboxylic acids is 2. The molecule has 2 amide bonds. The highest BCUT2D eigenvalue weighted by Gasteiger charge is 2.24. The van der Waals surface area contributed by atoms with Crippen LogP contribution in [0.3, 0.4) is 0 Å². The summed E-state index contributed by atoms with van der Waals surface area (Å²) < 4.78 is 12.8. The van der Waals surface area contributed by atoms with Crippen LogP contribution in [0.1, 0.15) is 45.4 Å². The molecular formula is C20H32N4O4.